The molecule has 58 heavy (non-hydrogen) atoms. The first kappa shape index (κ1) is 52.2. The van der Waals surface area contributed by atoms with Gasteiger partial charge in [0.05, 0.1) is 19.7 Å². The minimum Gasteiger partial charge on any atom is -0.870 e. The molecule has 6 heterocycles. The van der Waals surface area contributed by atoms with Crippen LogP contribution in [0.3, 0.4) is 0 Å². The molecule has 6 rings (SSSR count). The summed E-state index contributed by atoms with van der Waals surface area (Å²) in [6, 6.07) is 8.72. The largest absolute Gasteiger partial charge is 1.00 e. The number of hydrogen-bond acceptors (Lipinski definition) is 12. The molecule has 16 nitrogen and oxygen atoms in total. The Kier molecular flexibility index (Phi) is 25.1. The van der Waals surface area contributed by atoms with Crippen molar-refractivity contribution in [3.63, 3.8) is 0 Å². The van der Waals surface area contributed by atoms with Crippen molar-refractivity contribution in [3.05, 3.63) is 46.8 Å². The number of carboxylic acids is 1. The third kappa shape index (κ3) is 17.2. The fourth-order valence-corrected chi connectivity index (χ4v) is 7.41. The van der Waals surface area contributed by atoms with Crippen molar-refractivity contribution >= 4 is 35.4 Å². The number of fused-ring (bicyclic) bond motifs is 2. The van der Waals surface area contributed by atoms with Crippen LogP contribution < -0.4 is 29.5 Å². The van der Waals surface area contributed by atoms with E-state index in [1.54, 1.807) is 11.8 Å². The Morgan fingerprint density at radius 2 is 1.19 bits per heavy atom. The molecule has 2 aromatic rings. The van der Waals surface area contributed by atoms with Gasteiger partial charge in [-0.3, -0.25) is 29.0 Å². The van der Waals surface area contributed by atoms with E-state index in [1.807, 2.05) is 0 Å². The van der Waals surface area contributed by atoms with E-state index in [1.165, 1.54) is 28.9 Å². The monoisotopic (exact) mass is 807 g/mol. The number of aliphatic carboxylic acids is 1. The van der Waals surface area contributed by atoms with Crippen molar-refractivity contribution in [1.82, 2.24) is 29.6 Å². The van der Waals surface area contributed by atoms with Crippen LogP contribution in [0.2, 0.25) is 0 Å². The molecule has 6 N–H and O–H groups in total. The van der Waals surface area contributed by atoms with Gasteiger partial charge in [0.1, 0.15) is 24.7 Å². The Morgan fingerprint density at radius 3 is 1.62 bits per heavy atom. The molecule has 2 amide bonds. The van der Waals surface area contributed by atoms with Crippen LogP contribution in [0.15, 0.2) is 24.3 Å². The van der Waals surface area contributed by atoms with Gasteiger partial charge in [0.25, 0.3) is 0 Å². The summed E-state index contributed by atoms with van der Waals surface area (Å²) in [7, 11) is 0. The number of unbranched alkanes of at least 4 members (excludes halogenated alkanes) is 4. The van der Waals surface area contributed by atoms with Crippen LogP contribution in [0.5, 0.6) is 0 Å². The molecule has 0 atom stereocenters. The molecule has 320 valence electrons. The van der Waals surface area contributed by atoms with Gasteiger partial charge in [-0.05, 0) is 107 Å². The summed E-state index contributed by atoms with van der Waals surface area (Å²) in [5, 5.41) is 15.6. The Morgan fingerprint density at radius 1 is 0.724 bits per heavy atom. The average molecular weight is 807 g/mol. The number of pyridine rings is 2. The molecule has 0 aromatic carbocycles. The van der Waals surface area contributed by atoms with Crippen molar-refractivity contribution in [2.24, 2.45) is 0 Å². The van der Waals surface area contributed by atoms with E-state index in [4.69, 9.17) is 19.8 Å². The topological polar surface area (TPSA) is 222 Å². The predicted molar refractivity (Wildman–Crippen MR) is 220 cm³/mol. The van der Waals surface area contributed by atoms with Gasteiger partial charge >= 0.3 is 30.8 Å². The van der Waals surface area contributed by atoms with Gasteiger partial charge in [-0.1, -0.05) is 32.4 Å². The maximum absolute atomic E-state index is 12.2. The smallest absolute Gasteiger partial charge is 0.870 e. The van der Waals surface area contributed by atoms with E-state index in [9.17, 15) is 19.2 Å². The molecule has 17 heteroatoms. The Bertz CT molecular complexity index is 1570. The van der Waals surface area contributed by atoms with Crippen molar-refractivity contribution in [1.29, 1.82) is 0 Å². The van der Waals surface area contributed by atoms with Crippen molar-refractivity contribution in [3.8, 4) is 0 Å². The van der Waals surface area contributed by atoms with E-state index in [0.717, 1.165) is 127 Å². The fourth-order valence-electron chi connectivity index (χ4n) is 7.41. The third-order valence-electron chi connectivity index (χ3n) is 10.5. The number of carbonyl (C=O) groups is 4. The summed E-state index contributed by atoms with van der Waals surface area (Å²) >= 11 is 0. The molecule has 2 saturated heterocycles. The number of anilines is 2. The number of ether oxygens (including phenoxy) is 1. The van der Waals surface area contributed by atoms with E-state index in [0.29, 0.717) is 32.8 Å². The first-order chi connectivity index (χ1) is 26.3. The number of carbonyl (C=O) groups excluding carboxylic acids is 3. The molecular formula is C41H67LiN8O8. The Labute approximate surface area is 356 Å². The maximum atomic E-state index is 12.2. The van der Waals surface area contributed by atoms with Crippen molar-refractivity contribution < 1.29 is 58.8 Å². The zero-order valence-electron chi connectivity index (χ0n) is 34.1. The van der Waals surface area contributed by atoms with E-state index in [2.05, 4.69) is 44.7 Å². The van der Waals surface area contributed by atoms with Gasteiger partial charge in [-0.15, -0.1) is 0 Å². The molecule has 0 saturated carbocycles. The summed E-state index contributed by atoms with van der Waals surface area (Å²) in [6.07, 6.45) is 13.2. The number of nitrogens with one attached hydrogen (secondary N) is 2. The van der Waals surface area contributed by atoms with Crippen LogP contribution in [-0.2, 0) is 49.6 Å². The Balaban J connectivity index is 0.000000544. The van der Waals surface area contributed by atoms with Gasteiger partial charge in [0, 0.05) is 50.7 Å². The second kappa shape index (κ2) is 27.8. The molecular weight excluding hydrogens is 739 g/mol. The molecule has 0 aliphatic carbocycles. The predicted octanol–water partition coefficient (Wildman–Crippen LogP) is -0.120. The Hall–Kier alpha value is -3.78. The van der Waals surface area contributed by atoms with Crippen molar-refractivity contribution in [2.45, 2.75) is 91.4 Å². The average Bonchev–Trinajstić information content (AvgIpc) is 3.17. The number of hydrogen-bond donors (Lipinski definition) is 3. The van der Waals surface area contributed by atoms with Gasteiger partial charge in [-0.2, -0.15) is 0 Å². The molecule has 4 aliphatic rings. The first-order valence-corrected chi connectivity index (χ1v) is 20.1. The molecule has 0 radical (unpaired) electrons. The third-order valence-corrected chi connectivity index (χ3v) is 10.5. The number of carboxylic acid groups (broad SMARTS) is 1. The fraction of sp³-hybridized carbons (Fsp3) is 0.659. The minimum absolute atomic E-state index is 0. The van der Waals surface area contributed by atoms with E-state index in [-0.39, 0.29) is 68.1 Å². The number of nitrogens with zero attached hydrogens (tertiary/aromatic N) is 6. The SMILES string of the molecule is C.CCOC(=O)CN1CCN(CCCCCc2ccc3c(n2)NCCC3)CC1=O.O.O=C(O)CN1CCN(CCCCCc2ccc3c(n2)NCCC3)CC1=O.[Li+].[OH-]. The van der Waals surface area contributed by atoms with Gasteiger partial charge < -0.3 is 41.2 Å². The van der Waals surface area contributed by atoms with Gasteiger partial charge in [0.15, 0.2) is 0 Å². The van der Waals surface area contributed by atoms with Crippen LogP contribution in [0.4, 0.5) is 11.6 Å². The van der Waals surface area contributed by atoms with Crippen LogP contribution in [-0.4, -0.2) is 155 Å². The molecule has 0 unspecified atom stereocenters. The molecule has 2 aromatic heterocycles. The summed E-state index contributed by atoms with van der Waals surface area (Å²) in [5.74, 6) is 0.803. The summed E-state index contributed by atoms with van der Waals surface area (Å²) < 4.78 is 4.92. The maximum Gasteiger partial charge on any atom is 1.00 e. The molecule has 4 aliphatic heterocycles. The van der Waals surface area contributed by atoms with Crippen LogP contribution in [0.1, 0.15) is 88.2 Å². The first-order valence-electron chi connectivity index (χ1n) is 20.1. The van der Waals surface area contributed by atoms with Gasteiger partial charge in [0.2, 0.25) is 11.8 Å². The number of piperazine rings is 2. The number of amides is 2. The summed E-state index contributed by atoms with van der Waals surface area (Å²) in [5.41, 5.74) is 4.97. The molecule has 0 bridgehead atoms. The van der Waals surface area contributed by atoms with E-state index < -0.39 is 5.97 Å². The van der Waals surface area contributed by atoms with Crippen LogP contribution in [0.25, 0.3) is 0 Å². The zero-order chi connectivity index (χ0) is 38.1. The van der Waals surface area contributed by atoms with Crippen molar-refractivity contribution in [2.75, 3.05) is 95.8 Å². The second-order valence-corrected chi connectivity index (χ2v) is 14.7. The number of aromatic nitrogens is 2. The quantitative estimate of drug-likeness (QED) is 0.108. The standard InChI is InChI=1S/C21H32N4O3.C19H28N4O3.CH4.Li.2H2O/c1-2-28-20(27)16-25-14-13-24(15-19(25)26)12-5-3-4-8-18-10-9-17-7-6-11-22-21(17)23-18;24-17-13-22(11-12-23(17)14-18(25)26)10-3-1-2-6-16-8-7-15-5-4-9-20-19(15)21-16;;;;/h9-10H,2-8,11-16H2,1H3,(H,22,23);7-8H,1-6,9-14H2,(H,20,21)(H,25,26);1H4;;2*1H2/q;;;+1;;/p-1. The molecule has 0 spiro atoms. The number of rotatable bonds is 17. The number of aryl methyl sites for hydroxylation is 4. The zero-order valence-corrected chi connectivity index (χ0v) is 34.1. The van der Waals surface area contributed by atoms with Crippen LogP contribution in [0, 0.1) is 0 Å². The normalized spacial score (nSPS) is 16.2. The second-order valence-electron chi connectivity index (χ2n) is 14.7. The molecule has 2 fully saturated rings. The van der Waals surface area contributed by atoms with Gasteiger partial charge in [-0.25, -0.2) is 9.97 Å². The van der Waals surface area contributed by atoms with E-state index >= 15 is 0 Å². The minimum atomic E-state index is -0.946. The van der Waals surface area contributed by atoms with Crippen LogP contribution >= 0.6 is 0 Å². The summed E-state index contributed by atoms with van der Waals surface area (Å²) in [6.45, 7) is 9.31. The number of esters is 1. The summed E-state index contributed by atoms with van der Waals surface area (Å²) in [4.78, 5) is 63.2.